The molecule has 7 nitrogen and oxygen atoms in total. The summed E-state index contributed by atoms with van der Waals surface area (Å²) in [6.45, 7) is 10.1. The summed E-state index contributed by atoms with van der Waals surface area (Å²) < 4.78 is 0. The molecule has 2 saturated heterocycles. The molecule has 5 heterocycles. The highest BCUT2D eigenvalue weighted by atomic mass is 32.1. The van der Waals surface area contributed by atoms with Gasteiger partial charge in [-0.25, -0.2) is 9.97 Å². The van der Waals surface area contributed by atoms with Gasteiger partial charge in [0.1, 0.15) is 11.8 Å². The zero-order valence-corrected chi connectivity index (χ0v) is 21.2. The van der Waals surface area contributed by atoms with Gasteiger partial charge in [0.05, 0.1) is 28.0 Å². The number of aromatic nitrogens is 3. The monoisotopic (exact) mass is 478 g/mol. The Hall–Kier alpha value is -2.58. The van der Waals surface area contributed by atoms with Crippen molar-refractivity contribution in [3.8, 4) is 0 Å². The highest BCUT2D eigenvalue weighted by Crippen LogP contribution is 2.32. The fraction of sp³-hybridized carbons (Fsp3) is 0.538. The summed E-state index contributed by atoms with van der Waals surface area (Å²) in [6.07, 6.45) is 6.50. The van der Waals surface area contributed by atoms with Crippen LogP contribution in [-0.4, -0.2) is 77.0 Å². The van der Waals surface area contributed by atoms with E-state index >= 15 is 0 Å². The van der Waals surface area contributed by atoms with E-state index in [1.165, 1.54) is 4.88 Å². The standard InChI is InChI=1S/C26H34N6OS/c1-18(2)14-21-4-5-23(34-21)26(33)32-8-6-19(7-9-32)24-25-22(28-17-29-24)15-20(16-27-25)31-12-10-30(3)11-13-31/h4-5,15-19H,6-14H2,1-3H3. The van der Waals surface area contributed by atoms with Crippen molar-refractivity contribution in [3.63, 3.8) is 0 Å². The summed E-state index contributed by atoms with van der Waals surface area (Å²) in [5.41, 5.74) is 3.98. The summed E-state index contributed by atoms with van der Waals surface area (Å²) in [7, 11) is 2.17. The summed E-state index contributed by atoms with van der Waals surface area (Å²) in [5, 5.41) is 0. The second-order valence-electron chi connectivity index (χ2n) is 10.0. The number of carbonyl (C=O) groups excluding carboxylic acids is 1. The van der Waals surface area contributed by atoms with Crippen LogP contribution in [0.2, 0.25) is 0 Å². The number of carbonyl (C=O) groups is 1. The van der Waals surface area contributed by atoms with Crippen molar-refractivity contribution < 1.29 is 4.79 Å². The summed E-state index contributed by atoms with van der Waals surface area (Å²) >= 11 is 1.65. The Morgan fingerprint density at radius 2 is 1.82 bits per heavy atom. The van der Waals surface area contributed by atoms with Crippen LogP contribution in [0.5, 0.6) is 0 Å². The number of thiophene rings is 1. The minimum absolute atomic E-state index is 0.168. The molecule has 3 aromatic rings. The number of amides is 1. The lowest BCUT2D eigenvalue weighted by molar-refractivity contribution is 0.0717. The Labute approximate surface area is 205 Å². The second-order valence-corrected chi connectivity index (χ2v) is 11.2. The molecule has 0 spiro atoms. The number of likely N-dealkylation sites (N-methyl/N-ethyl adjacent to an activating group) is 1. The van der Waals surface area contributed by atoms with Gasteiger partial charge in [0.2, 0.25) is 0 Å². The molecule has 1 amide bonds. The van der Waals surface area contributed by atoms with E-state index in [-0.39, 0.29) is 5.91 Å². The maximum atomic E-state index is 13.1. The lowest BCUT2D eigenvalue weighted by Crippen LogP contribution is -2.44. The quantitative estimate of drug-likeness (QED) is 0.551. The van der Waals surface area contributed by atoms with Crippen LogP contribution in [0.25, 0.3) is 11.0 Å². The fourth-order valence-electron chi connectivity index (χ4n) is 5.01. The van der Waals surface area contributed by atoms with E-state index in [0.29, 0.717) is 11.8 Å². The number of pyridine rings is 1. The van der Waals surface area contributed by atoms with Crippen molar-refractivity contribution in [2.75, 3.05) is 51.2 Å². The lowest BCUT2D eigenvalue weighted by atomic mass is 9.92. The Bertz CT molecular complexity index is 1150. The Morgan fingerprint density at radius 3 is 2.56 bits per heavy atom. The molecule has 34 heavy (non-hydrogen) atoms. The third-order valence-corrected chi connectivity index (χ3v) is 8.10. The predicted octanol–water partition coefficient (Wildman–Crippen LogP) is 4.06. The van der Waals surface area contributed by atoms with Crippen LogP contribution in [0.15, 0.2) is 30.7 Å². The highest BCUT2D eigenvalue weighted by Gasteiger charge is 2.28. The first-order valence-corrected chi connectivity index (χ1v) is 13.2. The number of anilines is 1. The molecule has 2 aliphatic heterocycles. The van der Waals surface area contributed by atoms with Gasteiger partial charge in [-0.1, -0.05) is 13.8 Å². The largest absolute Gasteiger partial charge is 0.368 e. The molecule has 180 valence electrons. The average molecular weight is 479 g/mol. The van der Waals surface area contributed by atoms with Gasteiger partial charge in [-0.15, -0.1) is 11.3 Å². The molecule has 0 saturated carbocycles. The summed E-state index contributed by atoms with van der Waals surface area (Å²) in [4.78, 5) is 36.0. The molecule has 2 aliphatic rings. The zero-order valence-electron chi connectivity index (χ0n) is 20.4. The number of hydrogen-bond donors (Lipinski definition) is 0. The molecule has 0 bridgehead atoms. The second kappa shape index (κ2) is 9.96. The SMILES string of the molecule is CC(C)Cc1ccc(C(=O)N2CCC(c3ncnc4cc(N5CCN(C)CC5)cnc34)CC2)s1. The van der Waals surface area contributed by atoms with Crippen LogP contribution >= 0.6 is 11.3 Å². The van der Waals surface area contributed by atoms with Gasteiger partial charge in [-0.2, -0.15) is 0 Å². The van der Waals surface area contributed by atoms with Gasteiger partial charge in [-0.05, 0) is 50.4 Å². The number of rotatable bonds is 5. The zero-order chi connectivity index (χ0) is 23.7. The van der Waals surface area contributed by atoms with Gasteiger partial charge in [0.25, 0.3) is 5.91 Å². The Balaban J connectivity index is 1.26. The van der Waals surface area contributed by atoms with Crippen LogP contribution in [0.1, 0.15) is 52.8 Å². The van der Waals surface area contributed by atoms with Gasteiger partial charge >= 0.3 is 0 Å². The first kappa shape index (κ1) is 23.2. The van der Waals surface area contributed by atoms with E-state index < -0.39 is 0 Å². The van der Waals surface area contributed by atoms with Crippen LogP contribution in [0, 0.1) is 5.92 Å². The topological polar surface area (TPSA) is 65.5 Å². The van der Waals surface area contributed by atoms with Crippen LogP contribution < -0.4 is 4.90 Å². The molecule has 0 unspecified atom stereocenters. The molecule has 8 heteroatoms. The van der Waals surface area contributed by atoms with E-state index in [4.69, 9.17) is 4.98 Å². The third kappa shape index (κ3) is 4.93. The molecule has 0 atom stereocenters. The minimum atomic E-state index is 0.168. The number of piperazine rings is 1. The normalized spacial score (nSPS) is 18.2. The molecule has 3 aromatic heterocycles. The number of hydrogen-bond acceptors (Lipinski definition) is 7. The number of piperidine rings is 1. The molecule has 0 N–H and O–H groups in total. The van der Waals surface area contributed by atoms with Gasteiger partial charge in [-0.3, -0.25) is 9.78 Å². The van der Waals surface area contributed by atoms with E-state index in [1.54, 1.807) is 17.7 Å². The lowest BCUT2D eigenvalue weighted by Gasteiger charge is -2.34. The molecule has 0 aliphatic carbocycles. The first-order chi connectivity index (χ1) is 16.5. The maximum Gasteiger partial charge on any atom is 0.263 e. The van der Waals surface area contributed by atoms with Crippen LogP contribution in [0.3, 0.4) is 0 Å². The van der Waals surface area contributed by atoms with Crippen LogP contribution in [0.4, 0.5) is 5.69 Å². The van der Waals surface area contributed by atoms with Crippen LogP contribution in [-0.2, 0) is 6.42 Å². The van der Waals surface area contributed by atoms with E-state index in [9.17, 15) is 4.79 Å². The molecule has 5 rings (SSSR count). The molecule has 0 aromatic carbocycles. The number of likely N-dealkylation sites (tertiary alicyclic amines) is 1. The highest BCUT2D eigenvalue weighted by molar-refractivity contribution is 7.14. The van der Waals surface area contributed by atoms with E-state index in [0.717, 1.165) is 85.8 Å². The average Bonchev–Trinajstić information content (AvgIpc) is 3.31. The Morgan fingerprint density at radius 1 is 1.06 bits per heavy atom. The van der Waals surface area contributed by atoms with Gasteiger partial charge in [0.15, 0.2) is 0 Å². The summed E-state index contributed by atoms with van der Waals surface area (Å²) in [5.74, 6) is 1.07. The molecular weight excluding hydrogens is 444 g/mol. The van der Waals surface area contributed by atoms with Crippen molar-refractivity contribution >= 4 is 34.0 Å². The van der Waals surface area contributed by atoms with Crippen molar-refractivity contribution in [2.24, 2.45) is 5.92 Å². The molecular formula is C26H34N6OS. The maximum absolute atomic E-state index is 13.1. The van der Waals surface area contributed by atoms with Crippen molar-refractivity contribution in [1.82, 2.24) is 24.8 Å². The van der Waals surface area contributed by atoms with Crippen molar-refractivity contribution in [2.45, 2.75) is 39.0 Å². The molecule has 2 fully saturated rings. The van der Waals surface area contributed by atoms with Gasteiger partial charge < -0.3 is 14.7 Å². The Kier molecular flexibility index (Phi) is 6.79. The fourth-order valence-corrected chi connectivity index (χ4v) is 6.19. The minimum Gasteiger partial charge on any atom is -0.368 e. The predicted molar refractivity (Wildman–Crippen MR) is 138 cm³/mol. The smallest absolute Gasteiger partial charge is 0.263 e. The van der Waals surface area contributed by atoms with Crippen molar-refractivity contribution in [1.29, 1.82) is 0 Å². The summed E-state index contributed by atoms with van der Waals surface area (Å²) in [6, 6.07) is 6.26. The molecule has 0 radical (unpaired) electrons. The first-order valence-electron chi connectivity index (χ1n) is 12.4. The van der Waals surface area contributed by atoms with Crippen molar-refractivity contribution in [3.05, 3.63) is 46.2 Å². The van der Waals surface area contributed by atoms with Gasteiger partial charge in [0, 0.05) is 50.1 Å². The van der Waals surface area contributed by atoms with E-state index in [2.05, 4.69) is 52.8 Å². The third-order valence-electron chi connectivity index (χ3n) is 7.01. The number of nitrogens with zero attached hydrogens (tertiary/aromatic N) is 6. The van der Waals surface area contributed by atoms with E-state index in [1.807, 2.05) is 17.2 Å². The number of fused-ring (bicyclic) bond motifs is 1.